The van der Waals surface area contributed by atoms with Gasteiger partial charge in [0.05, 0.1) is 18.4 Å². The Labute approximate surface area is 199 Å². The molecule has 7 nitrogen and oxygen atoms in total. The van der Waals surface area contributed by atoms with E-state index in [-0.39, 0.29) is 17.7 Å². The Morgan fingerprint density at radius 2 is 1.85 bits per heavy atom. The van der Waals surface area contributed by atoms with Gasteiger partial charge in [0.2, 0.25) is 5.91 Å². The minimum Gasteiger partial charge on any atom is -0.376 e. The Balaban J connectivity index is 1.23. The van der Waals surface area contributed by atoms with E-state index >= 15 is 0 Å². The third-order valence-corrected chi connectivity index (χ3v) is 7.95. The van der Waals surface area contributed by atoms with Crippen molar-refractivity contribution in [3.8, 4) is 0 Å². The topological polar surface area (TPSA) is 67.7 Å². The number of rotatable bonds is 6. The molecule has 1 atom stereocenters. The molecule has 33 heavy (non-hydrogen) atoms. The second-order valence-electron chi connectivity index (χ2n) is 9.07. The number of para-hydroxylation sites is 1. The van der Waals surface area contributed by atoms with Crippen LogP contribution in [0, 0.1) is 0 Å². The van der Waals surface area contributed by atoms with Crippen LogP contribution in [0.3, 0.4) is 0 Å². The number of ether oxygens (including phenoxy) is 1. The van der Waals surface area contributed by atoms with Gasteiger partial charge in [0, 0.05) is 49.7 Å². The smallest absolute Gasteiger partial charge is 0.348 e. The fourth-order valence-corrected chi connectivity index (χ4v) is 6.10. The van der Waals surface area contributed by atoms with Gasteiger partial charge in [0.15, 0.2) is 0 Å². The van der Waals surface area contributed by atoms with E-state index in [2.05, 4.69) is 22.0 Å². The minimum atomic E-state index is -0.197. The van der Waals surface area contributed by atoms with Gasteiger partial charge >= 0.3 is 5.69 Å². The third-order valence-electron chi connectivity index (χ3n) is 6.95. The van der Waals surface area contributed by atoms with E-state index in [0.717, 1.165) is 82.0 Å². The van der Waals surface area contributed by atoms with E-state index in [9.17, 15) is 9.59 Å². The van der Waals surface area contributed by atoms with Gasteiger partial charge in [-0.05, 0) is 50.7 Å². The molecule has 0 radical (unpaired) electrons. The highest BCUT2D eigenvalue weighted by atomic mass is 32.2. The van der Waals surface area contributed by atoms with E-state index in [1.807, 2.05) is 27.7 Å². The number of carbonyl (C=O) groups excluding carboxylic acids is 1. The van der Waals surface area contributed by atoms with Gasteiger partial charge in [0.1, 0.15) is 5.03 Å². The van der Waals surface area contributed by atoms with Crippen LogP contribution in [0.5, 0.6) is 0 Å². The number of carbonyl (C=O) groups is 1. The number of hydrogen-bond acceptors (Lipinski definition) is 6. The summed E-state index contributed by atoms with van der Waals surface area (Å²) in [6, 6.07) is 10.3. The van der Waals surface area contributed by atoms with Crippen LogP contribution in [0.25, 0.3) is 0 Å². The van der Waals surface area contributed by atoms with Crippen LogP contribution in [0.15, 0.2) is 40.2 Å². The summed E-state index contributed by atoms with van der Waals surface area (Å²) in [4.78, 5) is 34.5. The quantitative estimate of drug-likeness (QED) is 0.480. The molecular weight excluding hydrogens is 436 g/mol. The van der Waals surface area contributed by atoms with Crippen molar-refractivity contribution < 1.29 is 9.53 Å². The standard InChI is InChI=1S/C25H32N4O3S/c30-23(28-14-12-27(13-15-28)19-7-2-1-3-8-19)18-33-24-21-10-4-5-11-22(21)29(25(31)26-24)17-20-9-6-16-32-20/h1-3,7-8,20H,4-6,9-18H2/t20-/m1/s1. The second kappa shape index (κ2) is 10.3. The van der Waals surface area contributed by atoms with Crippen LogP contribution in [0.1, 0.15) is 36.9 Å². The summed E-state index contributed by atoms with van der Waals surface area (Å²) in [7, 11) is 0. The molecule has 5 rings (SSSR count). The van der Waals surface area contributed by atoms with Crippen molar-refractivity contribution in [2.45, 2.75) is 56.2 Å². The van der Waals surface area contributed by atoms with E-state index in [0.29, 0.717) is 12.3 Å². The number of thioether (sulfide) groups is 1. The maximum absolute atomic E-state index is 12.9. The molecule has 0 unspecified atom stereocenters. The molecule has 2 fully saturated rings. The van der Waals surface area contributed by atoms with Crippen LogP contribution in [-0.2, 0) is 28.9 Å². The number of aromatic nitrogens is 2. The van der Waals surface area contributed by atoms with Crippen molar-refractivity contribution in [1.29, 1.82) is 0 Å². The third kappa shape index (κ3) is 5.11. The Hall–Kier alpha value is -2.32. The lowest BCUT2D eigenvalue weighted by Gasteiger charge is -2.36. The monoisotopic (exact) mass is 468 g/mol. The van der Waals surface area contributed by atoms with E-state index < -0.39 is 0 Å². The zero-order chi connectivity index (χ0) is 22.6. The number of hydrogen-bond donors (Lipinski definition) is 0. The summed E-state index contributed by atoms with van der Waals surface area (Å²) in [6.45, 7) is 4.51. The SMILES string of the molecule is O=C(CSc1nc(=O)n(C[C@H]2CCCO2)c2c1CCCC2)N1CCN(c2ccccc2)CC1. The predicted octanol–water partition coefficient (Wildman–Crippen LogP) is 2.74. The number of piperazine rings is 1. The summed E-state index contributed by atoms with van der Waals surface area (Å²) in [5.74, 6) is 0.461. The van der Waals surface area contributed by atoms with Crippen molar-refractivity contribution in [3.63, 3.8) is 0 Å². The second-order valence-corrected chi connectivity index (χ2v) is 10.0. The number of amides is 1. The molecule has 1 amide bonds. The zero-order valence-electron chi connectivity index (χ0n) is 19.1. The summed E-state index contributed by atoms with van der Waals surface area (Å²) >= 11 is 1.44. The molecule has 2 aliphatic heterocycles. The predicted molar refractivity (Wildman–Crippen MR) is 130 cm³/mol. The van der Waals surface area contributed by atoms with Gasteiger partial charge in [-0.25, -0.2) is 4.79 Å². The van der Waals surface area contributed by atoms with Crippen molar-refractivity contribution in [1.82, 2.24) is 14.5 Å². The lowest BCUT2D eigenvalue weighted by molar-refractivity contribution is -0.128. The fourth-order valence-electron chi connectivity index (χ4n) is 5.12. The summed E-state index contributed by atoms with van der Waals surface area (Å²) < 4.78 is 7.62. The van der Waals surface area contributed by atoms with Crippen molar-refractivity contribution in [3.05, 3.63) is 52.1 Å². The first-order valence-corrected chi connectivity index (χ1v) is 13.1. The van der Waals surface area contributed by atoms with Gasteiger partial charge in [-0.2, -0.15) is 4.98 Å². The van der Waals surface area contributed by atoms with Gasteiger partial charge in [0.25, 0.3) is 0 Å². The number of anilines is 1. The van der Waals surface area contributed by atoms with Crippen molar-refractivity contribution >= 4 is 23.4 Å². The highest BCUT2D eigenvalue weighted by Crippen LogP contribution is 2.29. The average molecular weight is 469 g/mol. The number of benzene rings is 1. The molecule has 1 aromatic carbocycles. The van der Waals surface area contributed by atoms with E-state index in [1.165, 1.54) is 23.0 Å². The van der Waals surface area contributed by atoms with Crippen LogP contribution in [-0.4, -0.2) is 65.0 Å². The Morgan fingerprint density at radius 3 is 2.61 bits per heavy atom. The highest BCUT2D eigenvalue weighted by molar-refractivity contribution is 7.99. The minimum absolute atomic E-state index is 0.116. The molecule has 0 spiro atoms. The summed E-state index contributed by atoms with van der Waals surface area (Å²) in [5, 5.41) is 0.759. The van der Waals surface area contributed by atoms with E-state index in [4.69, 9.17) is 4.74 Å². The van der Waals surface area contributed by atoms with Crippen molar-refractivity contribution in [2.24, 2.45) is 0 Å². The average Bonchev–Trinajstić information content (AvgIpc) is 3.38. The normalized spacial score (nSPS) is 20.7. The lowest BCUT2D eigenvalue weighted by Crippen LogP contribution is -2.49. The lowest BCUT2D eigenvalue weighted by atomic mass is 9.97. The molecule has 8 heteroatoms. The molecule has 3 aliphatic rings. The summed E-state index contributed by atoms with van der Waals surface area (Å²) in [6.07, 6.45) is 6.22. The van der Waals surface area contributed by atoms with E-state index in [1.54, 1.807) is 0 Å². The molecule has 3 heterocycles. The fraction of sp³-hybridized carbons (Fsp3) is 0.560. The first-order valence-electron chi connectivity index (χ1n) is 12.1. The highest BCUT2D eigenvalue weighted by Gasteiger charge is 2.26. The molecule has 0 bridgehead atoms. The molecule has 2 aromatic rings. The molecule has 176 valence electrons. The summed E-state index contributed by atoms with van der Waals surface area (Å²) in [5.41, 5.74) is 3.30. The van der Waals surface area contributed by atoms with Gasteiger partial charge < -0.3 is 14.5 Å². The van der Waals surface area contributed by atoms with Crippen LogP contribution in [0.4, 0.5) is 5.69 Å². The molecule has 1 aliphatic carbocycles. The van der Waals surface area contributed by atoms with Gasteiger partial charge in [-0.3, -0.25) is 9.36 Å². The van der Waals surface area contributed by atoms with Crippen LogP contribution < -0.4 is 10.6 Å². The van der Waals surface area contributed by atoms with Gasteiger partial charge in [-0.1, -0.05) is 30.0 Å². The first kappa shape index (κ1) is 22.5. The molecular formula is C25H32N4O3S. The Bertz CT molecular complexity index is 1030. The number of nitrogens with zero attached hydrogens (tertiary/aromatic N) is 4. The Morgan fingerprint density at radius 1 is 1.06 bits per heavy atom. The molecule has 2 saturated heterocycles. The Kier molecular flexibility index (Phi) is 7.02. The van der Waals surface area contributed by atoms with Gasteiger partial charge in [-0.15, -0.1) is 0 Å². The largest absolute Gasteiger partial charge is 0.376 e. The van der Waals surface area contributed by atoms with Crippen molar-refractivity contribution in [2.75, 3.05) is 43.4 Å². The maximum atomic E-state index is 12.9. The van der Waals surface area contributed by atoms with Crippen LogP contribution >= 0.6 is 11.8 Å². The van der Waals surface area contributed by atoms with Crippen LogP contribution in [0.2, 0.25) is 0 Å². The maximum Gasteiger partial charge on any atom is 0.348 e. The molecule has 0 N–H and O–H groups in total. The zero-order valence-corrected chi connectivity index (χ0v) is 19.9. The molecule has 0 saturated carbocycles. The first-order chi connectivity index (χ1) is 16.2. The number of fused-ring (bicyclic) bond motifs is 1. The molecule has 1 aromatic heterocycles.